The highest BCUT2D eigenvalue weighted by atomic mass is 16.5. The second-order valence-electron chi connectivity index (χ2n) is 5.08. The van der Waals surface area contributed by atoms with Crippen LogP contribution in [0.1, 0.15) is 30.9 Å². The van der Waals surface area contributed by atoms with Crippen LogP contribution in [0.2, 0.25) is 0 Å². The standard InChI is InChI=1S/C16H21NO5/c1-9(2)11-7-12(10(3)6-14(11)18)17-13(16(20)22-5)8-15(19)21-4/h6-9,17-18H,1-5H3/b13-8+. The fourth-order valence-corrected chi connectivity index (χ4v) is 1.88. The third-order valence-corrected chi connectivity index (χ3v) is 3.13. The van der Waals surface area contributed by atoms with Gasteiger partial charge < -0.3 is 19.9 Å². The molecule has 1 aromatic carbocycles. The summed E-state index contributed by atoms with van der Waals surface area (Å²) in [5, 5.41) is 12.8. The average molecular weight is 307 g/mol. The van der Waals surface area contributed by atoms with Crippen LogP contribution in [-0.4, -0.2) is 31.3 Å². The molecule has 0 heterocycles. The van der Waals surface area contributed by atoms with E-state index in [1.54, 1.807) is 19.1 Å². The Bertz CT molecular complexity index is 605. The van der Waals surface area contributed by atoms with Gasteiger partial charge in [0.05, 0.1) is 20.3 Å². The Labute approximate surface area is 129 Å². The van der Waals surface area contributed by atoms with Crippen molar-refractivity contribution in [3.8, 4) is 5.75 Å². The van der Waals surface area contributed by atoms with E-state index in [4.69, 9.17) is 0 Å². The number of phenols is 1. The fourth-order valence-electron chi connectivity index (χ4n) is 1.88. The van der Waals surface area contributed by atoms with Crippen molar-refractivity contribution in [3.63, 3.8) is 0 Å². The molecule has 0 atom stereocenters. The summed E-state index contributed by atoms with van der Waals surface area (Å²) in [5.74, 6) is -1.07. The van der Waals surface area contributed by atoms with Crippen molar-refractivity contribution in [1.82, 2.24) is 0 Å². The number of ether oxygens (including phenoxy) is 2. The number of rotatable bonds is 5. The van der Waals surface area contributed by atoms with Crippen LogP contribution < -0.4 is 5.32 Å². The number of carbonyl (C=O) groups is 2. The molecule has 0 saturated heterocycles. The summed E-state index contributed by atoms with van der Waals surface area (Å²) in [5.41, 5.74) is 2.01. The van der Waals surface area contributed by atoms with Crippen LogP contribution in [-0.2, 0) is 19.1 Å². The topological polar surface area (TPSA) is 84.9 Å². The lowest BCUT2D eigenvalue weighted by Crippen LogP contribution is -2.16. The summed E-state index contributed by atoms with van der Waals surface area (Å²) >= 11 is 0. The first-order valence-electron chi connectivity index (χ1n) is 6.78. The maximum Gasteiger partial charge on any atom is 0.354 e. The smallest absolute Gasteiger partial charge is 0.354 e. The number of phenolic OH excluding ortho intramolecular Hbond substituents is 1. The number of hydrogen-bond acceptors (Lipinski definition) is 6. The molecule has 6 nitrogen and oxygen atoms in total. The number of anilines is 1. The average Bonchev–Trinajstić information content (AvgIpc) is 2.47. The third kappa shape index (κ3) is 4.25. The summed E-state index contributed by atoms with van der Waals surface area (Å²) in [6.07, 6.45) is 1.02. The predicted octanol–water partition coefficient (Wildman–Crippen LogP) is 2.47. The van der Waals surface area contributed by atoms with E-state index in [-0.39, 0.29) is 17.4 Å². The molecule has 0 radical (unpaired) electrons. The normalized spacial score (nSPS) is 11.3. The zero-order valence-electron chi connectivity index (χ0n) is 13.4. The Balaban J connectivity index is 3.24. The van der Waals surface area contributed by atoms with Crippen LogP contribution in [0.5, 0.6) is 5.75 Å². The molecule has 0 bridgehead atoms. The van der Waals surface area contributed by atoms with E-state index in [1.165, 1.54) is 14.2 Å². The number of carbonyl (C=O) groups excluding carboxylic acids is 2. The molecule has 1 rings (SSSR count). The van der Waals surface area contributed by atoms with Crippen LogP contribution in [0.25, 0.3) is 0 Å². The van der Waals surface area contributed by atoms with Gasteiger partial charge in [-0.1, -0.05) is 13.8 Å². The van der Waals surface area contributed by atoms with Crippen molar-refractivity contribution in [1.29, 1.82) is 0 Å². The highest BCUT2D eigenvalue weighted by Crippen LogP contribution is 2.31. The van der Waals surface area contributed by atoms with Gasteiger partial charge in [0, 0.05) is 5.69 Å². The van der Waals surface area contributed by atoms with Gasteiger partial charge >= 0.3 is 11.9 Å². The highest BCUT2D eigenvalue weighted by Gasteiger charge is 2.16. The Morgan fingerprint density at radius 1 is 1.23 bits per heavy atom. The van der Waals surface area contributed by atoms with Crippen molar-refractivity contribution in [3.05, 3.63) is 35.0 Å². The zero-order valence-corrected chi connectivity index (χ0v) is 13.4. The monoisotopic (exact) mass is 307 g/mol. The Hall–Kier alpha value is -2.50. The van der Waals surface area contributed by atoms with Gasteiger partial charge in [-0.25, -0.2) is 9.59 Å². The van der Waals surface area contributed by atoms with E-state index in [2.05, 4.69) is 14.8 Å². The molecule has 0 aliphatic carbocycles. The maximum atomic E-state index is 11.8. The van der Waals surface area contributed by atoms with E-state index in [0.29, 0.717) is 5.69 Å². The molecule has 0 spiro atoms. The number of hydrogen-bond donors (Lipinski definition) is 2. The van der Waals surface area contributed by atoms with Gasteiger partial charge in [-0.3, -0.25) is 0 Å². The number of methoxy groups -OCH3 is 2. The van der Waals surface area contributed by atoms with Gasteiger partial charge in [0.25, 0.3) is 0 Å². The molecule has 0 saturated carbocycles. The minimum atomic E-state index is -0.691. The summed E-state index contributed by atoms with van der Waals surface area (Å²) in [6, 6.07) is 3.34. The molecule has 0 fully saturated rings. The fraction of sp³-hybridized carbons (Fsp3) is 0.375. The predicted molar refractivity (Wildman–Crippen MR) is 82.7 cm³/mol. The molecular formula is C16H21NO5. The molecule has 0 amide bonds. The number of benzene rings is 1. The first-order chi connectivity index (χ1) is 10.3. The number of esters is 2. The molecule has 2 N–H and O–H groups in total. The molecular weight excluding hydrogens is 286 g/mol. The first-order valence-corrected chi connectivity index (χ1v) is 6.78. The van der Waals surface area contributed by atoms with Crippen molar-refractivity contribution in [2.24, 2.45) is 0 Å². The second-order valence-corrected chi connectivity index (χ2v) is 5.08. The van der Waals surface area contributed by atoms with Gasteiger partial charge in [-0.05, 0) is 36.1 Å². The molecule has 0 unspecified atom stereocenters. The Morgan fingerprint density at radius 3 is 2.36 bits per heavy atom. The molecule has 0 aliphatic rings. The minimum Gasteiger partial charge on any atom is -0.508 e. The Morgan fingerprint density at radius 2 is 1.86 bits per heavy atom. The van der Waals surface area contributed by atoms with E-state index in [0.717, 1.165) is 17.2 Å². The van der Waals surface area contributed by atoms with E-state index in [9.17, 15) is 14.7 Å². The van der Waals surface area contributed by atoms with Crippen LogP contribution in [0.3, 0.4) is 0 Å². The van der Waals surface area contributed by atoms with E-state index in [1.807, 2.05) is 13.8 Å². The van der Waals surface area contributed by atoms with Crippen LogP contribution in [0.4, 0.5) is 5.69 Å². The molecule has 22 heavy (non-hydrogen) atoms. The largest absolute Gasteiger partial charge is 0.508 e. The SMILES string of the molecule is COC(=O)/C=C(/Nc1cc(C(C)C)c(O)cc1C)C(=O)OC. The van der Waals surface area contributed by atoms with Gasteiger partial charge in [0.1, 0.15) is 11.4 Å². The van der Waals surface area contributed by atoms with Gasteiger partial charge in [0.2, 0.25) is 0 Å². The molecule has 0 aromatic heterocycles. The van der Waals surface area contributed by atoms with Crippen molar-refractivity contribution in [2.45, 2.75) is 26.7 Å². The summed E-state index contributed by atoms with van der Waals surface area (Å²) in [7, 11) is 2.44. The Kier molecular flexibility index (Phi) is 5.98. The minimum absolute atomic E-state index is 0.0437. The first kappa shape index (κ1) is 17.6. The second kappa shape index (κ2) is 7.49. The number of aromatic hydroxyl groups is 1. The molecule has 6 heteroatoms. The number of nitrogens with one attached hydrogen (secondary N) is 1. The van der Waals surface area contributed by atoms with Crippen LogP contribution >= 0.6 is 0 Å². The lowest BCUT2D eigenvalue weighted by molar-refractivity contribution is -0.138. The zero-order chi connectivity index (χ0) is 16.9. The van der Waals surface area contributed by atoms with Gasteiger partial charge in [0.15, 0.2) is 0 Å². The van der Waals surface area contributed by atoms with Crippen LogP contribution in [0.15, 0.2) is 23.9 Å². The molecule has 120 valence electrons. The van der Waals surface area contributed by atoms with E-state index < -0.39 is 11.9 Å². The summed E-state index contributed by atoms with van der Waals surface area (Å²) in [6.45, 7) is 5.67. The quantitative estimate of drug-likeness (QED) is 0.494. The van der Waals surface area contributed by atoms with Gasteiger partial charge in [-0.15, -0.1) is 0 Å². The van der Waals surface area contributed by atoms with Crippen molar-refractivity contribution >= 4 is 17.6 Å². The van der Waals surface area contributed by atoms with Crippen molar-refractivity contribution in [2.75, 3.05) is 19.5 Å². The molecule has 0 aliphatic heterocycles. The van der Waals surface area contributed by atoms with Crippen molar-refractivity contribution < 1.29 is 24.2 Å². The summed E-state index contributed by atoms with van der Waals surface area (Å²) in [4.78, 5) is 23.1. The number of aryl methyl sites for hydroxylation is 1. The van der Waals surface area contributed by atoms with Gasteiger partial charge in [-0.2, -0.15) is 0 Å². The lowest BCUT2D eigenvalue weighted by Gasteiger charge is -2.16. The molecule has 1 aromatic rings. The third-order valence-electron chi connectivity index (χ3n) is 3.13. The van der Waals surface area contributed by atoms with E-state index >= 15 is 0 Å². The van der Waals surface area contributed by atoms with Crippen LogP contribution in [0, 0.1) is 6.92 Å². The lowest BCUT2D eigenvalue weighted by atomic mass is 9.99. The summed E-state index contributed by atoms with van der Waals surface area (Å²) < 4.78 is 9.17. The maximum absolute atomic E-state index is 11.8. The highest BCUT2D eigenvalue weighted by molar-refractivity contribution is 5.98.